The molecule has 2 rings (SSSR count). The SMILES string of the molecule is CSCCC(NC(=O)OC(C)(C)C)C(=O)N(C(C)CCC(C)C)C(C(=O)Nc1c(C)cccc1Cl)c1cccc(C)c1O. The Kier molecular flexibility index (Phi) is 13.7. The van der Waals surface area contributed by atoms with Gasteiger partial charge >= 0.3 is 6.09 Å². The highest BCUT2D eigenvalue weighted by atomic mass is 35.5. The maximum Gasteiger partial charge on any atom is 0.408 e. The molecule has 0 saturated heterocycles. The fourth-order valence-electron chi connectivity index (χ4n) is 4.74. The van der Waals surface area contributed by atoms with Gasteiger partial charge in [-0.15, -0.1) is 0 Å². The molecule has 0 bridgehead atoms. The summed E-state index contributed by atoms with van der Waals surface area (Å²) in [6, 6.07) is 7.84. The number of hydrogen-bond donors (Lipinski definition) is 3. The lowest BCUT2D eigenvalue weighted by Crippen LogP contribution is -2.55. The summed E-state index contributed by atoms with van der Waals surface area (Å²) in [4.78, 5) is 43.3. The molecule has 0 radical (unpaired) electrons. The Hall–Kier alpha value is -2.91. The molecule has 43 heavy (non-hydrogen) atoms. The number of phenols is 1. The van der Waals surface area contributed by atoms with Crippen LogP contribution in [-0.4, -0.2) is 57.6 Å². The number of alkyl carbamates (subject to hydrolysis) is 1. The van der Waals surface area contributed by atoms with E-state index in [9.17, 15) is 19.5 Å². The van der Waals surface area contributed by atoms with E-state index in [0.717, 1.165) is 12.0 Å². The van der Waals surface area contributed by atoms with E-state index in [0.29, 0.717) is 40.8 Å². The number of carbonyl (C=O) groups excluding carboxylic acids is 3. The minimum atomic E-state index is -1.22. The molecule has 0 fully saturated rings. The summed E-state index contributed by atoms with van der Waals surface area (Å²) in [6.45, 7) is 14.9. The van der Waals surface area contributed by atoms with Gasteiger partial charge in [-0.2, -0.15) is 11.8 Å². The van der Waals surface area contributed by atoms with Gasteiger partial charge < -0.3 is 25.4 Å². The highest BCUT2D eigenvalue weighted by Crippen LogP contribution is 2.36. The van der Waals surface area contributed by atoms with Gasteiger partial charge in [0.2, 0.25) is 5.91 Å². The molecule has 0 aliphatic rings. The average molecular weight is 634 g/mol. The van der Waals surface area contributed by atoms with Crippen molar-refractivity contribution in [2.45, 2.75) is 98.4 Å². The first kappa shape index (κ1) is 36.3. The number of halogens is 1. The molecule has 2 aromatic carbocycles. The highest BCUT2D eigenvalue weighted by Gasteiger charge is 2.40. The number of rotatable bonds is 13. The van der Waals surface area contributed by atoms with E-state index in [1.165, 1.54) is 4.90 Å². The van der Waals surface area contributed by atoms with Gasteiger partial charge in [0.25, 0.3) is 5.91 Å². The number of benzene rings is 2. The Morgan fingerprint density at radius 2 is 1.63 bits per heavy atom. The van der Waals surface area contributed by atoms with Crippen LogP contribution in [0.25, 0.3) is 0 Å². The van der Waals surface area contributed by atoms with Crippen molar-refractivity contribution in [2.75, 3.05) is 17.3 Å². The first-order chi connectivity index (χ1) is 20.1. The van der Waals surface area contributed by atoms with Crippen LogP contribution in [0.5, 0.6) is 5.75 Å². The molecule has 3 amide bonds. The van der Waals surface area contributed by atoms with E-state index in [2.05, 4.69) is 24.5 Å². The van der Waals surface area contributed by atoms with Gasteiger partial charge in [0, 0.05) is 11.6 Å². The third-order valence-corrected chi connectivity index (χ3v) is 8.01. The smallest absolute Gasteiger partial charge is 0.408 e. The van der Waals surface area contributed by atoms with Crippen molar-refractivity contribution in [1.29, 1.82) is 0 Å². The number of hydrogen-bond acceptors (Lipinski definition) is 6. The van der Waals surface area contributed by atoms with Crippen LogP contribution in [-0.2, 0) is 14.3 Å². The van der Waals surface area contributed by atoms with Crippen molar-refractivity contribution in [3.8, 4) is 5.75 Å². The van der Waals surface area contributed by atoms with Gasteiger partial charge in [-0.1, -0.05) is 55.8 Å². The zero-order valence-electron chi connectivity index (χ0n) is 26.9. The number of nitrogens with zero attached hydrogens (tertiary/aromatic N) is 1. The standard InChI is InChI=1S/C33H48ClN3O5S/c1-20(2)16-17-23(5)37(31(40)26(18-19-43-9)35-32(41)42-33(6,7)8)28(24-14-10-13-22(4)29(24)38)30(39)36-27-21(3)12-11-15-25(27)34/h10-15,20,23,26,28,38H,16-19H2,1-9H3,(H,35,41)(H,36,39). The lowest BCUT2D eigenvalue weighted by Gasteiger charge is -2.39. The number of ether oxygens (including phenoxy) is 1. The van der Waals surface area contributed by atoms with E-state index in [4.69, 9.17) is 16.3 Å². The Morgan fingerprint density at radius 1 is 1.00 bits per heavy atom. The summed E-state index contributed by atoms with van der Waals surface area (Å²) in [5.41, 5.74) is 1.28. The molecule has 0 saturated carbocycles. The van der Waals surface area contributed by atoms with E-state index in [-0.39, 0.29) is 11.3 Å². The summed E-state index contributed by atoms with van der Waals surface area (Å²) < 4.78 is 5.49. The summed E-state index contributed by atoms with van der Waals surface area (Å²) in [5, 5.41) is 17.3. The van der Waals surface area contributed by atoms with Gasteiger partial charge in [-0.25, -0.2) is 4.79 Å². The maximum absolute atomic E-state index is 14.6. The highest BCUT2D eigenvalue weighted by molar-refractivity contribution is 7.98. The molecular weight excluding hydrogens is 586 g/mol. The lowest BCUT2D eigenvalue weighted by atomic mass is 9.95. The van der Waals surface area contributed by atoms with Crippen molar-refractivity contribution in [2.24, 2.45) is 5.92 Å². The third kappa shape index (κ3) is 10.6. The minimum absolute atomic E-state index is 0.0758. The number of anilines is 1. The maximum atomic E-state index is 14.6. The third-order valence-electron chi connectivity index (χ3n) is 7.05. The van der Waals surface area contributed by atoms with Gasteiger partial charge in [0.05, 0.1) is 10.7 Å². The van der Waals surface area contributed by atoms with E-state index in [1.807, 2.05) is 26.2 Å². The van der Waals surface area contributed by atoms with E-state index >= 15 is 0 Å². The molecule has 8 nitrogen and oxygen atoms in total. The van der Waals surface area contributed by atoms with Gasteiger partial charge in [-0.05, 0) is 95.9 Å². The van der Waals surface area contributed by atoms with Crippen molar-refractivity contribution < 1.29 is 24.2 Å². The Balaban J connectivity index is 2.72. The van der Waals surface area contributed by atoms with Crippen molar-refractivity contribution >= 4 is 47.0 Å². The average Bonchev–Trinajstić information content (AvgIpc) is 2.90. The molecule has 3 N–H and O–H groups in total. The van der Waals surface area contributed by atoms with Crippen molar-refractivity contribution in [3.05, 3.63) is 58.1 Å². The number of phenolic OH excluding ortho intramolecular Hbond substituents is 1. The van der Waals surface area contributed by atoms with Crippen LogP contribution >= 0.6 is 23.4 Å². The topological polar surface area (TPSA) is 108 Å². The predicted octanol–water partition coefficient (Wildman–Crippen LogP) is 7.64. The second-order valence-electron chi connectivity index (χ2n) is 12.4. The molecule has 0 heterocycles. The molecule has 0 aromatic heterocycles. The minimum Gasteiger partial charge on any atom is -0.507 e. The normalized spacial score (nSPS) is 13.7. The Bertz CT molecular complexity index is 1240. The zero-order valence-corrected chi connectivity index (χ0v) is 28.5. The van der Waals surface area contributed by atoms with Crippen LogP contribution < -0.4 is 10.6 Å². The molecule has 3 unspecified atom stereocenters. The van der Waals surface area contributed by atoms with Gasteiger partial charge in [0.15, 0.2) is 0 Å². The monoisotopic (exact) mass is 633 g/mol. The first-order valence-electron chi connectivity index (χ1n) is 14.7. The predicted molar refractivity (Wildman–Crippen MR) is 177 cm³/mol. The fourth-order valence-corrected chi connectivity index (χ4v) is 5.48. The van der Waals surface area contributed by atoms with Crippen LogP contribution in [0.3, 0.4) is 0 Å². The van der Waals surface area contributed by atoms with Crippen LogP contribution in [0, 0.1) is 19.8 Å². The molecule has 3 atom stereocenters. The lowest BCUT2D eigenvalue weighted by molar-refractivity contribution is -0.143. The van der Waals surface area contributed by atoms with Crippen molar-refractivity contribution in [1.82, 2.24) is 10.2 Å². The number of carbonyl (C=O) groups is 3. The quantitative estimate of drug-likeness (QED) is 0.209. The summed E-state index contributed by atoms with van der Waals surface area (Å²) in [6.07, 6.45) is 2.94. The summed E-state index contributed by atoms with van der Waals surface area (Å²) in [7, 11) is 0. The van der Waals surface area contributed by atoms with E-state index in [1.54, 1.807) is 69.8 Å². The number of para-hydroxylation sites is 2. The van der Waals surface area contributed by atoms with Crippen LogP contribution in [0.2, 0.25) is 5.02 Å². The fraction of sp³-hybridized carbons (Fsp3) is 0.545. The number of thioether (sulfide) groups is 1. The molecule has 0 spiro atoms. The number of nitrogens with one attached hydrogen (secondary N) is 2. The van der Waals surface area contributed by atoms with Gasteiger partial charge in [0.1, 0.15) is 23.4 Å². The Labute approximate surface area is 266 Å². The second kappa shape index (κ2) is 16.2. The second-order valence-corrected chi connectivity index (χ2v) is 13.8. The molecule has 0 aliphatic carbocycles. The van der Waals surface area contributed by atoms with Crippen LogP contribution in [0.1, 0.15) is 83.5 Å². The number of aryl methyl sites for hydroxylation is 2. The molecule has 238 valence electrons. The summed E-state index contributed by atoms with van der Waals surface area (Å²) in [5.74, 6) is -0.0906. The largest absolute Gasteiger partial charge is 0.507 e. The van der Waals surface area contributed by atoms with E-state index < -0.39 is 41.6 Å². The molecule has 0 aliphatic heterocycles. The van der Waals surface area contributed by atoms with Crippen LogP contribution in [0.15, 0.2) is 36.4 Å². The molecule has 10 heteroatoms. The number of amides is 3. The summed E-state index contributed by atoms with van der Waals surface area (Å²) >= 11 is 8.02. The number of aromatic hydroxyl groups is 1. The van der Waals surface area contributed by atoms with Crippen LogP contribution in [0.4, 0.5) is 10.5 Å². The Morgan fingerprint density at radius 3 is 2.21 bits per heavy atom. The molecular formula is C33H48ClN3O5S. The zero-order chi connectivity index (χ0) is 32.5. The molecule has 2 aromatic rings. The van der Waals surface area contributed by atoms with Gasteiger partial charge in [-0.3, -0.25) is 9.59 Å². The van der Waals surface area contributed by atoms with Crippen molar-refractivity contribution in [3.63, 3.8) is 0 Å². The first-order valence-corrected chi connectivity index (χ1v) is 16.5.